The van der Waals surface area contributed by atoms with Gasteiger partial charge in [-0.1, -0.05) is 20.8 Å². The molecule has 3 nitrogen and oxygen atoms in total. The molecule has 1 aliphatic carbocycles. The lowest BCUT2D eigenvalue weighted by atomic mass is 9.87. The van der Waals surface area contributed by atoms with Crippen LogP contribution in [-0.2, 0) is 4.79 Å². The number of ketones is 1. The first-order valence-electron chi connectivity index (χ1n) is 7.05. The molecule has 2 N–H and O–H groups in total. The molecule has 19 heavy (non-hydrogen) atoms. The van der Waals surface area contributed by atoms with E-state index in [0.29, 0.717) is 17.8 Å². The van der Waals surface area contributed by atoms with Crippen LogP contribution in [0.15, 0.2) is 23.0 Å². The SMILES string of the molecule is CCCC(=O)/C(=C/C(C)=N)NC1=C(C)C(C)(C)CC1. The topological polar surface area (TPSA) is 53.0 Å². The molecule has 0 aromatic carbocycles. The molecule has 0 atom stereocenters. The Hall–Kier alpha value is -1.38. The highest BCUT2D eigenvalue weighted by molar-refractivity contribution is 6.02. The van der Waals surface area contributed by atoms with Crippen LogP contribution in [0, 0.1) is 10.8 Å². The fraction of sp³-hybridized carbons (Fsp3) is 0.625. The van der Waals surface area contributed by atoms with E-state index >= 15 is 0 Å². The van der Waals surface area contributed by atoms with Crippen molar-refractivity contribution in [1.82, 2.24) is 5.32 Å². The summed E-state index contributed by atoms with van der Waals surface area (Å²) in [4.78, 5) is 12.1. The summed E-state index contributed by atoms with van der Waals surface area (Å²) < 4.78 is 0. The Labute approximate surface area is 116 Å². The molecule has 0 aromatic rings. The maximum absolute atomic E-state index is 12.1. The van der Waals surface area contributed by atoms with E-state index in [1.54, 1.807) is 13.0 Å². The molecule has 0 spiro atoms. The Balaban J connectivity index is 2.95. The average Bonchev–Trinajstić information content (AvgIpc) is 2.55. The largest absolute Gasteiger partial charge is 0.356 e. The van der Waals surface area contributed by atoms with E-state index in [4.69, 9.17) is 5.41 Å². The zero-order valence-corrected chi connectivity index (χ0v) is 12.8. The summed E-state index contributed by atoms with van der Waals surface area (Å²) >= 11 is 0. The van der Waals surface area contributed by atoms with Gasteiger partial charge in [0.2, 0.25) is 0 Å². The van der Waals surface area contributed by atoms with Crippen molar-refractivity contribution in [2.45, 2.75) is 60.3 Å². The molecule has 1 aliphatic rings. The second-order valence-electron chi connectivity index (χ2n) is 6.03. The molecule has 0 aliphatic heterocycles. The molecule has 0 heterocycles. The van der Waals surface area contributed by atoms with Gasteiger partial charge >= 0.3 is 0 Å². The van der Waals surface area contributed by atoms with Gasteiger partial charge in [0.05, 0.1) is 5.70 Å². The van der Waals surface area contributed by atoms with E-state index in [2.05, 4.69) is 26.1 Å². The zero-order chi connectivity index (χ0) is 14.6. The number of rotatable bonds is 6. The van der Waals surface area contributed by atoms with Gasteiger partial charge in [0.1, 0.15) is 0 Å². The van der Waals surface area contributed by atoms with Gasteiger partial charge in [0.15, 0.2) is 5.78 Å². The second kappa shape index (κ2) is 6.18. The van der Waals surface area contributed by atoms with Crippen LogP contribution in [0.3, 0.4) is 0 Å². The minimum Gasteiger partial charge on any atom is -0.356 e. The number of carbonyl (C=O) groups is 1. The highest BCUT2D eigenvalue weighted by Gasteiger charge is 2.30. The van der Waals surface area contributed by atoms with Gasteiger partial charge in [-0.05, 0) is 50.2 Å². The van der Waals surface area contributed by atoms with Crippen molar-refractivity contribution in [3.05, 3.63) is 23.0 Å². The van der Waals surface area contributed by atoms with E-state index < -0.39 is 0 Å². The van der Waals surface area contributed by atoms with Crippen molar-refractivity contribution < 1.29 is 4.79 Å². The standard InChI is InChI=1S/C16H26N2O/c1-6-7-15(19)14(10-11(2)17)18-13-8-9-16(4,5)12(13)3/h10,17-18H,6-9H2,1-5H3/b14-10-,17-11?. The molecule has 0 aromatic heterocycles. The van der Waals surface area contributed by atoms with Crippen LogP contribution in [0.5, 0.6) is 0 Å². The van der Waals surface area contributed by atoms with Crippen molar-refractivity contribution in [3.8, 4) is 0 Å². The fourth-order valence-corrected chi connectivity index (χ4v) is 2.30. The molecule has 106 valence electrons. The predicted molar refractivity (Wildman–Crippen MR) is 80.2 cm³/mol. The molecule has 0 fully saturated rings. The summed E-state index contributed by atoms with van der Waals surface area (Å²) in [6.45, 7) is 10.3. The molecule has 0 saturated heterocycles. The zero-order valence-electron chi connectivity index (χ0n) is 12.8. The summed E-state index contributed by atoms with van der Waals surface area (Å²) in [5.74, 6) is 0.0964. The third-order valence-electron chi connectivity index (χ3n) is 3.89. The van der Waals surface area contributed by atoms with Gasteiger partial charge in [0.25, 0.3) is 0 Å². The minimum absolute atomic E-state index is 0.0964. The Bertz CT molecular complexity index is 442. The van der Waals surface area contributed by atoms with Crippen LogP contribution in [0.2, 0.25) is 0 Å². The van der Waals surface area contributed by atoms with Gasteiger partial charge < -0.3 is 10.7 Å². The van der Waals surface area contributed by atoms with E-state index in [0.717, 1.165) is 25.0 Å². The number of carbonyl (C=O) groups excluding carboxylic acids is 1. The molecule has 0 bridgehead atoms. The Morgan fingerprint density at radius 1 is 1.47 bits per heavy atom. The molecular formula is C16H26N2O. The summed E-state index contributed by atoms with van der Waals surface area (Å²) in [6, 6.07) is 0. The molecular weight excluding hydrogens is 236 g/mol. The second-order valence-corrected chi connectivity index (χ2v) is 6.03. The normalized spacial score (nSPS) is 18.7. The molecule has 0 radical (unpaired) electrons. The van der Waals surface area contributed by atoms with Crippen LogP contribution in [-0.4, -0.2) is 11.5 Å². The summed E-state index contributed by atoms with van der Waals surface area (Å²) in [7, 11) is 0. The molecule has 3 heteroatoms. The Morgan fingerprint density at radius 3 is 2.53 bits per heavy atom. The van der Waals surface area contributed by atoms with Crippen molar-refractivity contribution in [3.63, 3.8) is 0 Å². The van der Waals surface area contributed by atoms with E-state index in [-0.39, 0.29) is 11.2 Å². The lowest BCUT2D eigenvalue weighted by Gasteiger charge is -2.19. The van der Waals surface area contributed by atoms with Crippen LogP contribution >= 0.6 is 0 Å². The lowest BCUT2D eigenvalue weighted by molar-refractivity contribution is -0.115. The first-order valence-corrected chi connectivity index (χ1v) is 7.05. The average molecular weight is 262 g/mol. The maximum atomic E-state index is 12.1. The number of hydrogen-bond donors (Lipinski definition) is 2. The van der Waals surface area contributed by atoms with Crippen molar-refractivity contribution in [2.24, 2.45) is 5.41 Å². The van der Waals surface area contributed by atoms with E-state index in [1.165, 1.54) is 5.57 Å². The van der Waals surface area contributed by atoms with Crippen LogP contribution < -0.4 is 5.32 Å². The maximum Gasteiger partial charge on any atom is 0.179 e. The Morgan fingerprint density at radius 2 is 2.11 bits per heavy atom. The summed E-state index contributed by atoms with van der Waals surface area (Å²) in [6.07, 6.45) is 5.09. The van der Waals surface area contributed by atoms with Gasteiger partial charge in [-0.2, -0.15) is 0 Å². The van der Waals surface area contributed by atoms with Crippen molar-refractivity contribution in [1.29, 1.82) is 5.41 Å². The molecule has 0 amide bonds. The number of hydrogen-bond acceptors (Lipinski definition) is 3. The van der Waals surface area contributed by atoms with Crippen LogP contribution in [0.4, 0.5) is 0 Å². The lowest BCUT2D eigenvalue weighted by Crippen LogP contribution is -2.21. The highest BCUT2D eigenvalue weighted by atomic mass is 16.1. The van der Waals surface area contributed by atoms with Gasteiger partial charge in [-0.15, -0.1) is 0 Å². The van der Waals surface area contributed by atoms with Gasteiger partial charge in [-0.3, -0.25) is 4.79 Å². The first-order chi connectivity index (χ1) is 8.77. The van der Waals surface area contributed by atoms with E-state index in [9.17, 15) is 4.79 Å². The van der Waals surface area contributed by atoms with Gasteiger partial charge in [-0.25, -0.2) is 0 Å². The van der Waals surface area contributed by atoms with E-state index in [1.807, 2.05) is 6.92 Å². The highest BCUT2D eigenvalue weighted by Crippen LogP contribution is 2.41. The third-order valence-corrected chi connectivity index (χ3v) is 3.89. The smallest absolute Gasteiger partial charge is 0.179 e. The fourth-order valence-electron chi connectivity index (χ4n) is 2.30. The summed E-state index contributed by atoms with van der Waals surface area (Å²) in [5.41, 5.74) is 3.66. The molecule has 1 rings (SSSR count). The Kier molecular flexibility index (Phi) is 5.10. The van der Waals surface area contributed by atoms with Crippen molar-refractivity contribution in [2.75, 3.05) is 0 Å². The summed E-state index contributed by atoms with van der Waals surface area (Å²) in [5, 5.41) is 10.9. The first kappa shape index (κ1) is 15.7. The van der Waals surface area contributed by atoms with Crippen molar-refractivity contribution >= 4 is 11.5 Å². The minimum atomic E-state index is 0.0964. The number of Topliss-reactive ketones (excluding diaryl/α,β-unsaturated/α-hetero) is 1. The number of allylic oxidation sites excluding steroid dienone is 4. The van der Waals surface area contributed by atoms with Crippen LogP contribution in [0.1, 0.15) is 60.3 Å². The third kappa shape index (κ3) is 4.05. The van der Waals surface area contributed by atoms with Gasteiger partial charge in [0, 0.05) is 17.8 Å². The molecule has 0 unspecified atom stereocenters. The monoisotopic (exact) mass is 262 g/mol. The van der Waals surface area contributed by atoms with Crippen LogP contribution in [0.25, 0.3) is 0 Å². The predicted octanol–water partition coefficient (Wildman–Crippen LogP) is 3.96. The quantitative estimate of drug-likeness (QED) is 0.562. The molecule has 0 saturated carbocycles. The number of nitrogens with one attached hydrogen (secondary N) is 2.